The van der Waals surface area contributed by atoms with Crippen LogP contribution >= 0.6 is 11.6 Å². The number of hydrogen-bond acceptors (Lipinski definition) is 4. The summed E-state index contributed by atoms with van der Waals surface area (Å²) in [6.07, 6.45) is -4.54. The third kappa shape index (κ3) is 6.95. The van der Waals surface area contributed by atoms with Crippen molar-refractivity contribution in [3.8, 4) is 0 Å². The number of benzene rings is 2. The molecule has 6 nitrogen and oxygen atoms in total. The molecule has 0 spiro atoms. The predicted molar refractivity (Wildman–Crippen MR) is 113 cm³/mol. The van der Waals surface area contributed by atoms with Crippen molar-refractivity contribution >= 4 is 34.8 Å². The molecule has 1 aliphatic heterocycles. The van der Waals surface area contributed by atoms with Gasteiger partial charge < -0.3 is 10.6 Å². The zero-order valence-electron chi connectivity index (χ0n) is 16.6. The summed E-state index contributed by atoms with van der Waals surface area (Å²) in [5, 5.41) is 5.66. The number of para-hydroxylation sites is 1. The number of carbonyl (C=O) groups excluding carboxylic acids is 2. The van der Waals surface area contributed by atoms with Crippen molar-refractivity contribution in [2.45, 2.75) is 6.18 Å². The Morgan fingerprint density at radius 2 is 1.45 bits per heavy atom. The fourth-order valence-corrected chi connectivity index (χ4v) is 3.50. The van der Waals surface area contributed by atoms with E-state index in [1.54, 1.807) is 24.3 Å². The zero-order valence-corrected chi connectivity index (χ0v) is 17.3. The van der Waals surface area contributed by atoms with Gasteiger partial charge in [-0.2, -0.15) is 13.2 Å². The van der Waals surface area contributed by atoms with Gasteiger partial charge in [0.25, 0.3) is 0 Å². The van der Waals surface area contributed by atoms with Gasteiger partial charge in [0, 0.05) is 36.9 Å². The first kappa shape index (κ1) is 23.1. The highest BCUT2D eigenvalue weighted by molar-refractivity contribution is 6.30. The third-order valence-corrected chi connectivity index (χ3v) is 5.05. The van der Waals surface area contributed by atoms with Crippen LogP contribution in [0, 0.1) is 0 Å². The van der Waals surface area contributed by atoms with Crippen LogP contribution in [0.25, 0.3) is 0 Å². The van der Waals surface area contributed by atoms with Gasteiger partial charge in [0.2, 0.25) is 11.8 Å². The minimum atomic E-state index is -4.54. The number of alkyl halides is 3. The molecule has 0 unspecified atom stereocenters. The van der Waals surface area contributed by atoms with Gasteiger partial charge in [-0.05, 0) is 30.3 Å². The van der Waals surface area contributed by atoms with Crippen molar-refractivity contribution < 1.29 is 22.8 Å². The smallest absolute Gasteiger partial charge is 0.325 e. The van der Waals surface area contributed by atoms with E-state index in [-0.39, 0.29) is 24.7 Å². The molecule has 0 saturated carbocycles. The van der Waals surface area contributed by atoms with Crippen LogP contribution in [0.4, 0.5) is 24.5 Å². The van der Waals surface area contributed by atoms with Crippen LogP contribution in [0.15, 0.2) is 48.5 Å². The highest BCUT2D eigenvalue weighted by Crippen LogP contribution is 2.34. The number of nitrogens with zero attached hydrogens (tertiary/aromatic N) is 2. The maximum atomic E-state index is 13.1. The lowest BCUT2D eigenvalue weighted by Gasteiger charge is -2.33. The van der Waals surface area contributed by atoms with Crippen molar-refractivity contribution in [1.82, 2.24) is 9.80 Å². The Morgan fingerprint density at radius 3 is 2.03 bits per heavy atom. The van der Waals surface area contributed by atoms with E-state index in [4.69, 9.17) is 11.6 Å². The van der Waals surface area contributed by atoms with Crippen molar-refractivity contribution in [3.63, 3.8) is 0 Å². The van der Waals surface area contributed by atoms with E-state index in [9.17, 15) is 22.8 Å². The maximum Gasteiger partial charge on any atom is 0.418 e. The van der Waals surface area contributed by atoms with Crippen LogP contribution < -0.4 is 10.6 Å². The molecule has 10 heteroatoms. The molecule has 0 aliphatic carbocycles. The molecule has 0 radical (unpaired) electrons. The number of rotatable bonds is 6. The van der Waals surface area contributed by atoms with Gasteiger partial charge in [-0.15, -0.1) is 0 Å². The molecular formula is C21H22ClF3N4O2. The lowest BCUT2D eigenvalue weighted by molar-refractivity contribution is -0.137. The molecule has 2 aromatic carbocycles. The Labute approximate surface area is 183 Å². The van der Waals surface area contributed by atoms with Crippen molar-refractivity contribution in [3.05, 3.63) is 59.1 Å². The second kappa shape index (κ2) is 10.1. The summed E-state index contributed by atoms with van der Waals surface area (Å²) in [5.74, 6) is -0.680. The summed E-state index contributed by atoms with van der Waals surface area (Å²) in [5.41, 5.74) is -0.512. The Hall–Kier alpha value is -2.62. The normalized spacial score (nSPS) is 15.5. The molecule has 0 bridgehead atoms. The van der Waals surface area contributed by atoms with E-state index < -0.39 is 17.6 Å². The summed E-state index contributed by atoms with van der Waals surface area (Å²) < 4.78 is 39.2. The first-order chi connectivity index (χ1) is 14.7. The Balaban J connectivity index is 1.44. The lowest BCUT2D eigenvalue weighted by atomic mass is 10.1. The van der Waals surface area contributed by atoms with Crippen LogP contribution in [0.3, 0.4) is 0 Å². The maximum absolute atomic E-state index is 13.1. The summed E-state index contributed by atoms with van der Waals surface area (Å²) in [4.78, 5) is 28.2. The summed E-state index contributed by atoms with van der Waals surface area (Å²) in [6.45, 7) is 2.36. The molecule has 0 atom stereocenters. The lowest BCUT2D eigenvalue weighted by Crippen LogP contribution is -2.50. The largest absolute Gasteiger partial charge is 0.418 e. The van der Waals surface area contributed by atoms with Crippen LogP contribution in [0.5, 0.6) is 0 Å². The van der Waals surface area contributed by atoms with Gasteiger partial charge in [0.1, 0.15) is 0 Å². The van der Waals surface area contributed by atoms with Crippen molar-refractivity contribution in [2.75, 3.05) is 49.9 Å². The molecule has 2 N–H and O–H groups in total. The SMILES string of the molecule is O=C(CN1CCN(CC(=O)Nc2ccccc2C(F)(F)F)CC1)Nc1cccc(Cl)c1. The average molecular weight is 455 g/mol. The highest BCUT2D eigenvalue weighted by atomic mass is 35.5. The quantitative estimate of drug-likeness (QED) is 0.700. The summed E-state index contributed by atoms with van der Waals surface area (Å²) in [7, 11) is 0. The molecule has 1 heterocycles. The third-order valence-electron chi connectivity index (χ3n) is 4.81. The molecule has 2 amide bonds. The van der Waals surface area contributed by atoms with E-state index in [1.807, 2.05) is 9.80 Å². The number of halogens is 4. The zero-order chi connectivity index (χ0) is 22.4. The molecule has 31 heavy (non-hydrogen) atoms. The van der Waals surface area contributed by atoms with Crippen LogP contribution in [-0.2, 0) is 15.8 Å². The van der Waals surface area contributed by atoms with E-state index in [0.29, 0.717) is 36.9 Å². The molecule has 1 aliphatic rings. The van der Waals surface area contributed by atoms with Crippen molar-refractivity contribution in [2.24, 2.45) is 0 Å². The Bertz CT molecular complexity index is 931. The number of amides is 2. The monoisotopic (exact) mass is 454 g/mol. The van der Waals surface area contributed by atoms with E-state index >= 15 is 0 Å². The number of piperazine rings is 1. The topological polar surface area (TPSA) is 64.7 Å². The fourth-order valence-electron chi connectivity index (χ4n) is 3.31. The Morgan fingerprint density at radius 1 is 0.871 bits per heavy atom. The molecular weight excluding hydrogens is 433 g/mol. The molecule has 1 saturated heterocycles. The number of anilines is 2. The van der Waals surface area contributed by atoms with Crippen molar-refractivity contribution in [1.29, 1.82) is 0 Å². The summed E-state index contributed by atoms with van der Waals surface area (Å²) >= 11 is 5.90. The molecule has 0 aromatic heterocycles. The first-order valence-electron chi connectivity index (χ1n) is 9.67. The van der Waals surface area contributed by atoms with Gasteiger partial charge in [0.15, 0.2) is 0 Å². The van der Waals surface area contributed by atoms with Gasteiger partial charge in [0.05, 0.1) is 24.3 Å². The fraction of sp³-hybridized carbons (Fsp3) is 0.333. The number of nitrogens with one attached hydrogen (secondary N) is 2. The molecule has 2 aromatic rings. The van der Waals surface area contributed by atoms with Crippen LogP contribution in [-0.4, -0.2) is 60.9 Å². The number of hydrogen-bond donors (Lipinski definition) is 2. The number of carbonyl (C=O) groups is 2. The van der Waals surface area contributed by atoms with Gasteiger partial charge >= 0.3 is 6.18 Å². The predicted octanol–water partition coefficient (Wildman–Crippen LogP) is 3.55. The minimum Gasteiger partial charge on any atom is -0.325 e. The average Bonchev–Trinajstić information content (AvgIpc) is 2.69. The van der Waals surface area contributed by atoms with E-state index in [2.05, 4.69) is 10.6 Å². The second-order valence-electron chi connectivity index (χ2n) is 7.20. The minimum absolute atomic E-state index is 0.0191. The highest BCUT2D eigenvalue weighted by Gasteiger charge is 2.33. The summed E-state index contributed by atoms with van der Waals surface area (Å²) in [6, 6.07) is 11.8. The molecule has 166 valence electrons. The van der Waals surface area contributed by atoms with Crippen LogP contribution in [0.1, 0.15) is 5.56 Å². The molecule has 1 fully saturated rings. The Kier molecular flexibility index (Phi) is 7.53. The molecule has 3 rings (SSSR count). The van der Waals surface area contributed by atoms with Gasteiger partial charge in [-0.1, -0.05) is 29.8 Å². The van der Waals surface area contributed by atoms with Gasteiger partial charge in [-0.25, -0.2) is 0 Å². The standard InChI is InChI=1S/C21H22ClF3N4O2/c22-15-4-3-5-16(12-15)26-19(30)13-28-8-10-29(11-9-28)14-20(31)27-18-7-2-1-6-17(18)21(23,24)25/h1-7,12H,8-11,13-14H2,(H,26,30)(H,27,31). The van der Waals surface area contributed by atoms with Crippen LogP contribution in [0.2, 0.25) is 5.02 Å². The second-order valence-corrected chi connectivity index (χ2v) is 7.64. The van der Waals surface area contributed by atoms with E-state index in [0.717, 1.165) is 6.07 Å². The van der Waals surface area contributed by atoms with Gasteiger partial charge in [-0.3, -0.25) is 19.4 Å². The first-order valence-corrected chi connectivity index (χ1v) is 10.0. The van der Waals surface area contributed by atoms with E-state index in [1.165, 1.54) is 18.2 Å².